The van der Waals surface area contributed by atoms with Crippen LogP contribution in [0.25, 0.3) is 11.0 Å². The van der Waals surface area contributed by atoms with Crippen LogP contribution >= 0.6 is 11.6 Å². The van der Waals surface area contributed by atoms with E-state index in [4.69, 9.17) is 25.5 Å². The third kappa shape index (κ3) is 4.12. The van der Waals surface area contributed by atoms with E-state index in [1.807, 2.05) is 24.3 Å². The maximum atomic E-state index is 12.4. The van der Waals surface area contributed by atoms with Crippen LogP contribution in [0.2, 0.25) is 5.02 Å². The van der Waals surface area contributed by atoms with Crippen LogP contribution in [0.5, 0.6) is 5.75 Å². The van der Waals surface area contributed by atoms with Gasteiger partial charge in [-0.15, -0.1) is 0 Å². The van der Waals surface area contributed by atoms with Crippen molar-refractivity contribution >= 4 is 34.4 Å². The van der Waals surface area contributed by atoms with Crippen molar-refractivity contribution in [2.75, 3.05) is 20.8 Å². The number of carbonyl (C=O) groups excluding carboxylic acids is 2. The Morgan fingerprint density at radius 3 is 2.68 bits per heavy atom. The van der Waals surface area contributed by atoms with Crippen LogP contribution in [0, 0.1) is 6.92 Å². The number of benzene rings is 2. The van der Waals surface area contributed by atoms with Crippen molar-refractivity contribution in [2.45, 2.75) is 13.5 Å². The normalized spacial score (nSPS) is 10.7. The van der Waals surface area contributed by atoms with Gasteiger partial charge in [0.1, 0.15) is 11.3 Å². The number of fused-ring (bicyclic) bond motifs is 1. The molecule has 0 saturated carbocycles. The fourth-order valence-corrected chi connectivity index (χ4v) is 3.04. The van der Waals surface area contributed by atoms with Gasteiger partial charge in [0.15, 0.2) is 6.61 Å². The van der Waals surface area contributed by atoms with E-state index in [1.165, 1.54) is 4.90 Å². The molecule has 3 aromatic rings. The highest BCUT2D eigenvalue weighted by molar-refractivity contribution is 6.31. The number of ether oxygens (including phenoxy) is 2. The van der Waals surface area contributed by atoms with Crippen molar-refractivity contribution < 1.29 is 23.5 Å². The molecular formula is C21H20ClNO5. The molecule has 7 heteroatoms. The molecule has 0 aliphatic heterocycles. The van der Waals surface area contributed by atoms with Gasteiger partial charge in [-0.05, 0) is 31.2 Å². The summed E-state index contributed by atoms with van der Waals surface area (Å²) in [6, 6.07) is 12.5. The Balaban J connectivity index is 1.64. The van der Waals surface area contributed by atoms with Gasteiger partial charge in [-0.2, -0.15) is 0 Å². The number of hydrogen-bond acceptors (Lipinski definition) is 5. The minimum absolute atomic E-state index is 0.0671. The van der Waals surface area contributed by atoms with Gasteiger partial charge >= 0.3 is 5.97 Å². The van der Waals surface area contributed by atoms with Crippen LogP contribution in [0.4, 0.5) is 0 Å². The summed E-state index contributed by atoms with van der Waals surface area (Å²) < 4.78 is 16.0. The first-order chi connectivity index (χ1) is 13.4. The minimum Gasteiger partial charge on any atom is -0.496 e. The number of rotatable bonds is 6. The Bertz CT molecular complexity index is 1030. The number of likely N-dealkylation sites (N-methyl/N-ethyl adjacent to an activating group) is 1. The molecule has 0 bridgehead atoms. The lowest BCUT2D eigenvalue weighted by Crippen LogP contribution is -2.31. The Morgan fingerprint density at radius 2 is 1.93 bits per heavy atom. The molecule has 1 heterocycles. The number of para-hydroxylation sites is 1. The summed E-state index contributed by atoms with van der Waals surface area (Å²) in [6.45, 7) is 1.69. The van der Waals surface area contributed by atoms with Crippen molar-refractivity contribution in [3.63, 3.8) is 0 Å². The van der Waals surface area contributed by atoms with Gasteiger partial charge in [0, 0.05) is 35.1 Å². The van der Waals surface area contributed by atoms with Crippen LogP contribution in [0.3, 0.4) is 0 Å². The standard InChI is InChI=1S/C21H20ClNO5/c1-13-16-10-15(22)8-9-18(16)28-20(13)21(25)27-12-19(24)23(2)11-14-6-4-5-7-17(14)26-3/h4-10H,11-12H2,1-3H3. The zero-order valence-electron chi connectivity index (χ0n) is 15.8. The fraction of sp³-hybridized carbons (Fsp3) is 0.238. The topological polar surface area (TPSA) is 69.0 Å². The highest BCUT2D eigenvalue weighted by Crippen LogP contribution is 2.28. The Hall–Kier alpha value is -2.99. The number of hydrogen-bond donors (Lipinski definition) is 0. The maximum absolute atomic E-state index is 12.4. The van der Waals surface area contributed by atoms with Crippen LogP contribution in [0.1, 0.15) is 21.7 Å². The summed E-state index contributed by atoms with van der Waals surface area (Å²) in [7, 11) is 3.21. The number of amides is 1. The van der Waals surface area contributed by atoms with Crippen molar-refractivity contribution in [3.05, 3.63) is 64.4 Å². The fourth-order valence-electron chi connectivity index (χ4n) is 2.87. The largest absolute Gasteiger partial charge is 0.496 e. The predicted molar refractivity (Wildman–Crippen MR) is 106 cm³/mol. The number of aryl methyl sites for hydroxylation is 1. The molecule has 0 spiro atoms. The molecule has 0 saturated heterocycles. The SMILES string of the molecule is COc1ccccc1CN(C)C(=O)COC(=O)c1oc2ccc(Cl)cc2c1C. The first kappa shape index (κ1) is 19.8. The molecule has 0 fully saturated rings. The minimum atomic E-state index is -0.691. The lowest BCUT2D eigenvalue weighted by Gasteiger charge is -2.18. The van der Waals surface area contributed by atoms with Gasteiger partial charge in [0.05, 0.1) is 7.11 Å². The predicted octanol–water partition coefficient (Wildman–Crippen LogP) is 4.22. The summed E-state index contributed by atoms with van der Waals surface area (Å²) in [5.41, 5.74) is 2.02. The molecule has 1 amide bonds. The van der Waals surface area contributed by atoms with Crippen LogP contribution in [-0.4, -0.2) is 37.5 Å². The molecule has 0 aliphatic rings. The van der Waals surface area contributed by atoms with E-state index in [0.29, 0.717) is 28.5 Å². The molecule has 0 atom stereocenters. The summed E-state index contributed by atoms with van der Waals surface area (Å²) >= 11 is 5.99. The summed E-state index contributed by atoms with van der Waals surface area (Å²) in [5.74, 6) is -0.270. The maximum Gasteiger partial charge on any atom is 0.375 e. The zero-order valence-corrected chi connectivity index (χ0v) is 16.6. The van der Waals surface area contributed by atoms with Crippen LogP contribution in [0.15, 0.2) is 46.9 Å². The van der Waals surface area contributed by atoms with E-state index in [-0.39, 0.29) is 18.3 Å². The Kier molecular flexibility index (Phi) is 5.90. The highest BCUT2D eigenvalue weighted by atomic mass is 35.5. The average molecular weight is 402 g/mol. The molecule has 1 aromatic heterocycles. The molecular weight excluding hydrogens is 382 g/mol. The average Bonchev–Trinajstić information content (AvgIpc) is 3.02. The lowest BCUT2D eigenvalue weighted by atomic mass is 10.1. The second kappa shape index (κ2) is 8.35. The van der Waals surface area contributed by atoms with Crippen molar-refractivity contribution in [2.24, 2.45) is 0 Å². The second-order valence-electron chi connectivity index (χ2n) is 6.33. The van der Waals surface area contributed by atoms with Crippen LogP contribution < -0.4 is 4.74 Å². The van der Waals surface area contributed by atoms with E-state index >= 15 is 0 Å². The van der Waals surface area contributed by atoms with Crippen molar-refractivity contribution in [1.29, 1.82) is 0 Å². The van der Waals surface area contributed by atoms with Crippen molar-refractivity contribution in [1.82, 2.24) is 4.90 Å². The van der Waals surface area contributed by atoms with Gasteiger partial charge in [-0.3, -0.25) is 4.79 Å². The highest BCUT2D eigenvalue weighted by Gasteiger charge is 2.21. The molecule has 0 unspecified atom stereocenters. The van der Waals surface area contributed by atoms with Crippen molar-refractivity contribution in [3.8, 4) is 5.75 Å². The van der Waals surface area contributed by atoms with Crippen LogP contribution in [-0.2, 0) is 16.1 Å². The third-order valence-corrected chi connectivity index (χ3v) is 4.67. The first-order valence-corrected chi connectivity index (χ1v) is 9.00. The smallest absolute Gasteiger partial charge is 0.375 e. The molecule has 0 aliphatic carbocycles. The first-order valence-electron chi connectivity index (χ1n) is 8.62. The summed E-state index contributed by atoms with van der Waals surface area (Å²) in [4.78, 5) is 26.2. The molecule has 3 rings (SSSR count). The van der Waals surface area contributed by atoms with E-state index in [9.17, 15) is 9.59 Å². The van der Waals surface area contributed by atoms with E-state index < -0.39 is 5.97 Å². The number of halogens is 1. The van der Waals surface area contributed by atoms with Gasteiger partial charge in [-0.1, -0.05) is 29.8 Å². The third-order valence-electron chi connectivity index (χ3n) is 4.44. The molecule has 146 valence electrons. The van der Waals surface area contributed by atoms with E-state index in [2.05, 4.69) is 0 Å². The summed E-state index contributed by atoms with van der Waals surface area (Å²) in [6.07, 6.45) is 0. The molecule has 0 N–H and O–H groups in total. The molecule has 28 heavy (non-hydrogen) atoms. The second-order valence-corrected chi connectivity index (χ2v) is 6.77. The number of furan rings is 1. The van der Waals surface area contributed by atoms with Gasteiger partial charge in [-0.25, -0.2) is 4.79 Å². The van der Waals surface area contributed by atoms with Gasteiger partial charge < -0.3 is 18.8 Å². The van der Waals surface area contributed by atoms with Gasteiger partial charge in [0.2, 0.25) is 5.76 Å². The monoisotopic (exact) mass is 401 g/mol. The molecule has 6 nitrogen and oxygen atoms in total. The quantitative estimate of drug-likeness (QED) is 0.578. The number of carbonyl (C=O) groups is 2. The lowest BCUT2D eigenvalue weighted by molar-refractivity contribution is -0.133. The Morgan fingerprint density at radius 1 is 1.18 bits per heavy atom. The number of nitrogens with zero attached hydrogens (tertiary/aromatic N) is 1. The molecule has 0 radical (unpaired) electrons. The number of methoxy groups -OCH3 is 1. The van der Waals surface area contributed by atoms with E-state index in [0.717, 1.165) is 10.9 Å². The van der Waals surface area contributed by atoms with Gasteiger partial charge in [0.25, 0.3) is 5.91 Å². The summed E-state index contributed by atoms with van der Waals surface area (Å²) in [5, 5.41) is 1.28. The Labute approximate surface area is 167 Å². The van der Waals surface area contributed by atoms with E-state index in [1.54, 1.807) is 39.3 Å². The number of esters is 1. The zero-order chi connectivity index (χ0) is 20.3. The molecule has 2 aromatic carbocycles.